The Labute approximate surface area is 171 Å². The van der Waals surface area contributed by atoms with Crippen LogP contribution in [-0.2, 0) is 6.54 Å². The number of fused-ring (bicyclic) bond motifs is 1. The highest BCUT2D eigenvalue weighted by Crippen LogP contribution is 2.31. The van der Waals surface area contributed by atoms with Crippen molar-refractivity contribution < 1.29 is 9.47 Å². The molecule has 1 aromatic carbocycles. The second kappa shape index (κ2) is 8.29. The number of nitrogens with zero attached hydrogens (tertiary/aromatic N) is 4. The molecule has 7 nitrogen and oxygen atoms in total. The highest BCUT2D eigenvalue weighted by Gasteiger charge is 2.23. The normalized spacial score (nSPS) is 15.7. The van der Waals surface area contributed by atoms with Crippen LogP contribution in [0.5, 0.6) is 11.5 Å². The van der Waals surface area contributed by atoms with E-state index < -0.39 is 0 Å². The summed E-state index contributed by atoms with van der Waals surface area (Å²) in [6.45, 7) is 7.54. The number of piperidine rings is 1. The highest BCUT2D eigenvalue weighted by atomic mass is 16.5. The van der Waals surface area contributed by atoms with E-state index in [4.69, 9.17) is 20.2 Å². The topological polar surface area (TPSA) is 77.9 Å². The first kappa shape index (κ1) is 19.5. The molecule has 0 bridgehead atoms. The molecule has 1 aliphatic rings. The number of nitrogens with two attached hydrogens (primary N) is 1. The molecule has 0 unspecified atom stereocenters. The van der Waals surface area contributed by atoms with Gasteiger partial charge in [0.2, 0.25) is 0 Å². The van der Waals surface area contributed by atoms with Gasteiger partial charge in [0.1, 0.15) is 5.82 Å². The number of hydrogen-bond donors (Lipinski definition) is 1. The van der Waals surface area contributed by atoms with Gasteiger partial charge in [0.25, 0.3) is 0 Å². The summed E-state index contributed by atoms with van der Waals surface area (Å²) in [7, 11) is 1.69. The summed E-state index contributed by atoms with van der Waals surface area (Å²) in [5.41, 5.74) is 10.3. The lowest BCUT2D eigenvalue weighted by Gasteiger charge is -2.32. The Morgan fingerprint density at radius 1 is 1.14 bits per heavy atom. The van der Waals surface area contributed by atoms with Crippen molar-refractivity contribution in [2.75, 3.05) is 32.5 Å². The first-order chi connectivity index (χ1) is 14.1. The van der Waals surface area contributed by atoms with Crippen LogP contribution in [-0.4, -0.2) is 46.3 Å². The van der Waals surface area contributed by atoms with Gasteiger partial charge in [0, 0.05) is 30.3 Å². The van der Waals surface area contributed by atoms with Crippen molar-refractivity contribution in [1.82, 2.24) is 19.5 Å². The largest absolute Gasteiger partial charge is 0.493 e. The average Bonchev–Trinajstić information content (AvgIpc) is 3.11. The molecule has 154 valence electrons. The number of aryl methyl sites for hydroxylation is 1. The van der Waals surface area contributed by atoms with Gasteiger partial charge in [-0.1, -0.05) is 6.07 Å². The fraction of sp³-hybridized carbons (Fsp3) is 0.455. The number of hydrogen-bond acceptors (Lipinski definition) is 6. The van der Waals surface area contributed by atoms with Gasteiger partial charge in [0.05, 0.1) is 19.4 Å². The monoisotopic (exact) mass is 395 g/mol. The fourth-order valence-electron chi connectivity index (χ4n) is 4.07. The SMILES string of the molecule is CCOc1ccc(CN2CCC(c3cc(N)n4nc(C)cc4n3)CC2)cc1OC. The predicted molar refractivity (Wildman–Crippen MR) is 114 cm³/mol. The van der Waals surface area contributed by atoms with E-state index in [-0.39, 0.29) is 0 Å². The molecule has 0 radical (unpaired) electrons. The minimum Gasteiger partial charge on any atom is -0.493 e. The number of aromatic nitrogens is 3. The smallest absolute Gasteiger partial charge is 0.161 e. The summed E-state index contributed by atoms with van der Waals surface area (Å²) in [5.74, 6) is 2.68. The van der Waals surface area contributed by atoms with Crippen LogP contribution in [0.1, 0.15) is 42.6 Å². The summed E-state index contributed by atoms with van der Waals surface area (Å²) in [6, 6.07) is 10.2. The zero-order valence-corrected chi connectivity index (χ0v) is 17.4. The molecular formula is C22H29N5O2. The van der Waals surface area contributed by atoms with Gasteiger partial charge in [-0.15, -0.1) is 0 Å². The summed E-state index contributed by atoms with van der Waals surface area (Å²) >= 11 is 0. The van der Waals surface area contributed by atoms with E-state index in [1.54, 1.807) is 11.6 Å². The molecule has 29 heavy (non-hydrogen) atoms. The minimum atomic E-state index is 0.434. The van der Waals surface area contributed by atoms with Crippen molar-refractivity contribution in [2.24, 2.45) is 0 Å². The maximum atomic E-state index is 6.20. The summed E-state index contributed by atoms with van der Waals surface area (Å²) in [4.78, 5) is 7.29. The van der Waals surface area contributed by atoms with E-state index in [0.717, 1.165) is 61.0 Å². The molecular weight excluding hydrogens is 366 g/mol. The standard InChI is InChI=1S/C22H29N5O2/c1-4-29-19-6-5-16(12-20(19)28-3)14-26-9-7-17(8-10-26)18-13-21(23)27-22(24-18)11-15(2)25-27/h5-6,11-13,17H,4,7-10,14,23H2,1-3H3. The summed E-state index contributed by atoms with van der Waals surface area (Å²) in [6.07, 6.45) is 2.15. The zero-order valence-electron chi connectivity index (χ0n) is 17.4. The number of rotatable bonds is 6. The van der Waals surface area contributed by atoms with E-state index in [1.165, 1.54) is 5.56 Å². The van der Waals surface area contributed by atoms with Crippen molar-refractivity contribution in [2.45, 2.75) is 39.2 Å². The molecule has 3 aromatic rings. The third kappa shape index (κ3) is 4.15. The first-order valence-corrected chi connectivity index (χ1v) is 10.2. The third-order valence-electron chi connectivity index (χ3n) is 5.54. The Morgan fingerprint density at radius 2 is 1.93 bits per heavy atom. The molecule has 0 atom stereocenters. The molecule has 4 rings (SSSR count). The van der Waals surface area contributed by atoms with E-state index in [0.29, 0.717) is 18.3 Å². The molecule has 0 aliphatic carbocycles. The molecule has 1 saturated heterocycles. The lowest BCUT2D eigenvalue weighted by molar-refractivity contribution is 0.203. The van der Waals surface area contributed by atoms with Crippen LogP contribution in [0.25, 0.3) is 5.65 Å². The number of anilines is 1. The Morgan fingerprint density at radius 3 is 2.66 bits per heavy atom. The number of benzene rings is 1. The molecule has 1 aliphatic heterocycles. The summed E-state index contributed by atoms with van der Waals surface area (Å²) in [5, 5.41) is 4.39. The molecule has 0 saturated carbocycles. The second-order valence-electron chi connectivity index (χ2n) is 7.63. The van der Waals surface area contributed by atoms with Crippen LogP contribution < -0.4 is 15.2 Å². The van der Waals surface area contributed by atoms with Crippen molar-refractivity contribution in [1.29, 1.82) is 0 Å². The lowest BCUT2D eigenvalue weighted by Crippen LogP contribution is -2.32. The number of nitrogen functional groups attached to an aromatic ring is 1. The van der Waals surface area contributed by atoms with Crippen LogP contribution in [0.4, 0.5) is 5.82 Å². The van der Waals surface area contributed by atoms with Crippen molar-refractivity contribution in [3.63, 3.8) is 0 Å². The molecule has 0 spiro atoms. The molecule has 7 heteroatoms. The number of methoxy groups -OCH3 is 1. The number of likely N-dealkylation sites (tertiary alicyclic amines) is 1. The van der Waals surface area contributed by atoms with Crippen molar-refractivity contribution in [3.05, 3.63) is 47.3 Å². The maximum absolute atomic E-state index is 6.20. The molecule has 0 amide bonds. The lowest BCUT2D eigenvalue weighted by atomic mass is 9.93. The van der Waals surface area contributed by atoms with Crippen LogP contribution in [0.15, 0.2) is 30.3 Å². The van der Waals surface area contributed by atoms with Gasteiger partial charge < -0.3 is 15.2 Å². The Kier molecular flexibility index (Phi) is 5.58. The van der Waals surface area contributed by atoms with E-state index >= 15 is 0 Å². The first-order valence-electron chi connectivity index (χ1n) is 10.2. The molecule has 2 N–H and O–H groups in total. The van der Waals surface area contributed by atoms with Crippen LogP contribution >= 0.6 is 0 Å². The summed E-state index contributed by atoms with van der Waals surface area (Å²) < 4.78 is 12.8. The van der Waals surface area contributed by atoms with Gasteiger partial charge in [0.15, 0.2) is 17.1 Å². The molecule has 1 fully saturated rings. The second-order valence-corrected chi connectivity index (χ2v) is 7.63. The average molecular weight is 396 g/mol. The van der Waals surface area contributed by atoms with Gasteiger partial charge in [-0.2, -0.15) is 9.61 Å². The van der Waals surface area contributed by atoms with Gasteiger partial charge in [-0.3, -0.25) is 4.90 Å². The third-order valence-corrected chi connectivity index (χ3v) is 5.54. The Bertz CT molecular complexity index is 992. The minimum absolute atomic E-state index is 0.434. The van der Waals surface area contributed by atoms with Crippen molar-refractivity contribution >= 4 is 11.5 Å². The van der Waals surface area contributed by atoms with Crippen molar-refractivity contribution in [3.8, 4) is 11.5 Å². The highest BCUT2D eigenvalue weighted by molar-refractivity contribution is 5.48. The van der Waals surface area contributed by atoms with E-state index in [2.05, 4.69) is 22.1 Å². The quantitative estimate of drug-likeness (QED) is 0.689. The van der Waals surface area contributed by atoms with E-state index in [9.17, 15) is 0 Å². The fourth-order valence-corrected chi connectivity index (χ4v) is 4.07. The van der Waals surface area contributed by atoms with Gasteiger partial charge >= 0.3 is 0 Å². The van der Waals surface area contributed by atoms with Crippen LogP contribution in [0.3, 0.4) is 0 Å². The predicted octanol–water partition coefficient (Wildman–Crippen LogP) is 3.41. The Balaban J connectivity index is 1.41. The zero-order chi connectivity index (χ0) is 20.4. The van der Waals surface area contributed by atoms with Crippen LogP contribution in [0, 0.1) is 6.92 Å². The van der Waals surface area contributed by atoms with E-state index in [1.807, 2.05) is 32.0 Å². The van der Waals surface area contributed by atoms with Crippen LogP contribution in [0.2, 0.25) is 0 Å². The van der Waals surface area contributed by atoms with Gasteiger partial charge in [-0.05, 0) is 57.5 Å². The Hall–Kier alpha value is -2.80. The maximum Gasteiger partial charge on any atom is 0.161 e. The number of ether oxygens (including phenoxy) is 2. The molecule has 3 heterocycles. The van der Waals surface area contributed by atoms with Gasteiger partial charge in [-0.25, -0.2) is 4.98 Å². The molecule has 2 aromatic heterocycles.